The fraction of sp³-hybridized carbons (Fsp3) is 0.800. The first kappa shape index (κ1) is 12.1. The van der Waals surface area contributed by atoms with Crippen LogP contribution in [0.5, 0.6) is 0 Å². The predicted molar refractivity (Wildman–Crippen MR) is 50.3 cm³/mol. The lowest BCUT2D eigenvalue weighted by atomic mass is 10.00. The van der Waals surface area contributed by atoms with Gasteiger partial charge < -0.3 is 9.53 Å². The Bertz CT molecular complexity index is 187. The molecule has 13 heavy (non-hydrogen) atoms. The molecule has 3 nitrogen and oxygen atoms in total. The number of esters is 1. The Morgan fingerprint density at radius 2 is 2.08 bits per heavy atom. The molecule has 0 bridgehead atoms. The highest BCUT2D eigenvalue weighted by Gasteiger charge is 2.32. The molecule has 1 saturated heterocycles. The Morgan fingerprint density at radius 3 is 2.38 bits per heavy atom. The van der Waals surface area contributed by atoms with Gasteiger partial charge in [-0.3, -0.25) is 4.79 Å². The van der Waals surface area contributed by atoms with Gasteiger partial charge in [0.25, 0.3) is 0 Å². The highest BCUT2D eigenvalue weighted by Crippen LogP contribution is 2.23. The molecule has 0 saturated carbocycles. The minimum atomic E-state index is -0.215. The summed E-state index contributed by atoms with van der Waals surface area (Å²) in [7, 11) is 0. The number of hydrogen-bond donors (Lipinski definition) is 0. The molecular formula is C10H18O3. The molecule has 0 amide bonds. The molecule has 1 rings (SSSR count). The molecule has 76 valence electrons. The molecular weight excluding hydrogens is 168 g/mol. The first-order valence-corrected chi connectivity index (χ1v) is 4.79. The lowest BCUT2D eigenvalue weighted by Crippen LogP contribution is -2.10. The van der Waals surface area contributed by atoms with Crippen LogP contribution in [0.15, 0.2) is 0 Å². The Morgan fingerprint density at radius 1 is 1.54 bits per heavy atom. The van der Waals surface area contributed by atoms with Crippen molar-refractivity contribution in [1.82, 2.24) is 0 Å². The number of ketones is 1. The van der Waals surface area contributed by atoms with E-state index in [4.69, 9.17) is 4.74 Å². The van der Waals surface area contributed by atoms with Crippen LogP contribution in [0.1, 0.15) is 40.5 Å². The zero-order chi connectivity index (χ0) is 10.4. The van der Waals surface area contributed by atoms with Gasteiger partial charge in [0, 0.05) is 6.42 Å². The van der Waals surface area contributed by atoms with Gasteiger partial charge >= 0.3 is 5.97 Å². The molecule has 2 atom stereocenters. The number of Topliss-reactive ketones (excluding diaryl/α,β-unsaturated/α-hetero) is 1. The van der Waals surface area contributed by atoms with Crippen molar-refractivity contribution in [2.75, 3.05) is 0 Å². The van der Waals surface area contributed by atoms with Crippen molar-refractivity contribution in [3.63, 3.8) is 0 Å². The van der Waals surface area contributed by atoms with Crippen LogP contribution in [-0.4, -0.2) is 17.9 Å². The van der Waals surface area contributed by atoms with Crippen molar-refractivity contribution in [1.29, 1.82) is 0 Å². The van der Waals surface area contributed by atoms with E-state index < -0.39 is 0 Å². The third-order valence-electron chi connectivity index (χ3n) is 1.80. The van der Waals surface area contributed by atoms with Crippen molar-refractivity contribution < 1.29 is 14.3 Å². The van der Waals surface area contributed by atoms with Gasteiger partial charge in [0.15, 0.2) is 0 Å². The predicted octanol–water partition coefficient (Wildman–Crippen LogP) is 1.94. The monoisotopic (exact) mass is 186 g/mol. The molecule has 1 fully saturated rings. The largest absolute Gasteiger partial charge is 0.462 e. The molecule has 0 radical (unpaired) electrons. The van der Waals surface area contributed by atoms with E-state index in [1.54, 1.807) is 0 Å². The van der Waals surface area contributed by atoms with E-state index in [0.717, 1.165) is 0 Å². The summed E-state index contributed by atoms with van der Waals surface area (Å²) < 4.78 is 4.88. The van der Waals surface area contributed by atoms with Gasteiger partial charge in [0.2, 0.25) is 0 Å². The molecule has 1 aliphatic rings. The number of hydrogen-bond acceptors (Lipinski definition) is 3. The maximum atomic E-state index is 10.9. The lowest BCUT2D eigenvalue weighted by Gasteiger charge is -1.98. The summed E-state index contributed by atoms with van der Waals surface area (Å²) in [6.45, 7) is 7.34. The van der Waals surface area contributed by atoms with Crippen molar-refractivity contribution in [3.8, 4) is 0 Å². The molecule has 0 aliphatic carbocycles. The highest BCUT2D eigenvalue weighted by molar-refractivity contribution is 5.83. The van der Waals surface area contributed by atoms with Gasteiger partial charge in [0.1, 0.15) is 5.78 Å². The average Bonchev–Trinajstić information content (AvgIpc) is 2.33. The first-order chi connectivity index (χ1) is 6.09. The van der Waals surface area contributed by atoms with Crippen LogP contribution in [0.3, 0.4) is 0 Å². The Hall–Kier alpha value is -0.860. The summed E-state index contributed by atoms with van der Waals surface area (Å²) in [5.74, 6) is -0.337. The van der Waals surface area contributed by atoms with Gasteiger partial charge in [0.05, 0.1) is 12.0 Å². The minimum Gasteiger partial charge on any atom is -0.462 e. The van der Waals surface area contributed by atoms with Crippen molar-refractivity contribution >= 4 is 11.8 Å². The van der Waals surface area contributed by atoms with Crippen molar-refractivity contribution in [2.24, 2.45) is 5.92 Å². The summed E-state index contributed by atoms with van der Waals surface area (Å²) in [6, 6.07) is 0. The number of carbonyl (C=O) groups excluding carboxylic acids is 2. The second kappa shape index (κ2) is 5.73. The summed E-state index contributed by atoms with van der Waals surface area (Å²) in [4.78, 5) is 21.6. The quantitative estimate of drug-likeness (QED) is 0.619. The van der Waals surface area contributed by atoms with Crippen LogP contribution < -0.4 is 0 Å². The molecule has 1 aliphatic heterocycles. The second-order valence-electron chi connectivity index (χ2n) is 3.09. The van der Waals surface area contributed by atoms with Crippen molar-refractivity contribution in [2.45, 2.75) is 46.6 Å². The number of ether oxygens (including phenoxy) is 1. The highest BCUT2D eigenvalue weighted by atomic mass is 16.5. The van der Waals surface area contributed by atoms with E-state index in [0.29, 0.717) is 12.8 Å². The SMILES string of the molecule is CC.CC(=O)CC1CC(C)OC1=O. The molecule has 3 heteroatoms. The topological polar surface area (TPSA) is 43.4 Å². The van der Waals surface area contributed by atoms with Crippen LogP contribution in [-0.2, 0) is 14.3 Å². The smallest absolute Gasteiger partial charge is 0.309 e. The molecule has 1 heterocycles. The Kier molecular flexibility index (Phi) is 5.35. The zero-order valence-corrected chi connectivity index (χ0v) is 8.79. The summed E-state index contributed by atoms with van der Waals surface area (Å²) in [5, 5.41) is 0. The van der Waals surface area contributed by atoms with Crippen LogP contribution in [0, 0.1) is 5.92 Å². The number of carbonyl (C=O) groups is 2. The third kappa shape index (κ3) is 4.06. The summed E-state index contributed by atoms with van der Waals surface area (Å²) >= 11 is 0. The Balaban J connectivity index is 0.000000671. The van der Waals surface area contributed by atoms with E-state index in [2.05, 4.69) is 0 Å². The minimum absolute atomic E-state index is 0.00755. The molecule has 0 N–H and O–H groups in total. The van der Waals surface area contributed by atoms with E-state index in [1.165, 1.54) is 6.92 Å². The van der Waals surface area contributed by atoms with E-state index >= 15 is 0 Å². The van der Waals surface area contributed by atoms with Gasteiger partial charge in [-0.15, -0.1) is 0 Å². The van der Waals surface area contributed by atoms with Gasteiger partial charge in [-0.1, -0.05) is 13.8 Å². The van der Waals surface area contributed by atoms with Crippen LogP contribution in [0.25, 0.3) is 0 Å². The van der Waals surface area contributed by atoms with Crippen LogP contribution >= 0.6 is 0 Å². The van der Waals surface area contributed by atoms with Gasteiger partial charge in [-0.05, 0) is 20.3 Å². The normalized spacial score (nSPS) is 26.0. The Labute approximate surface area is 79.5 Å². The average molecular weight is 186 g/mol. The molecule has 0 spiro atoms. The third-order valence-corrected chi connectivity index (χ3v) is 1.80. The van der Waals surface area contributed by atoms with Gasteiger partial charge in [-0.2, -0.15) is 0 Å². The lowest BCUT2D eigenvalue weighted by molar-refractivity contribution is -0.144. The molecule has 0 aromatic rings. The van der Waals surface area contributed by atoms with E-state index in [9.17, 15) is 9.59 Å². The maximum Gasteiger partial charge on any atom is 0.309 e. The van der Waals surface area contributed by atoms with Crippen LogP contribution in [0.4, 0.5) is 0 Å². The summed E-state index contributed by atoms with van der Waals surface area (Å²) in [5.41, 5.74) is 0. The fourth-order valence-electron chi connectivity index (χ4n) is 1.35. The maximum absolute atomic E-state index is 10.9. The van der Waals surface area contributed by atoms with E-state index in [-0.39, 0.29) is 23.8 Å². The first-order valence-electron chi connectivity index (χ1n) is 4.79. The van der Waals surface area contributed by atoms with Crippen molar-refractivity contribution in [3.05, 3.63) is 0 Å². The second-order valence-corrected chi connectivity index (χ2v) is 3.09. The number of rotatable bonds is 2. The number of cyclic esters (lactones) is 1. The fourth-order valence-corrected chi connectivity index (χ4v) is 1.35. The zero-order valence-electron chi connectivity index (χ0n) is 8.79. The van der Waals surface area contributed by atoms with Gasteiger partial charge in [-0.25, -0.2) is 0 Å². The standard InChI is InChI=1S/C8H12O3.C2H6/c1-5(9)3-7-4-6(2)11-8(7)10;1-2/h6-7H,3-4H2,1-2H3;1-2H3. The van der Waals surface area contributed by atoms with Crippen LogP contribution in [0.2, 0.25) is 0 Å². The molecule has 2 unspecified atom stereocenters. The summed E-state index contributed by atoms with van der Waals surface area (Å²) in [6.07, 6.45) is 1.02. The van der Waals surface area contributed by atoms with E-state index in [1.807, 2.05) is 20.8 Å². The molecule has 0 aromatic heterocycles. The molecule has 0 aromatic carbocycles.